The molecule has 1 fully saturated rings. The Bertz CT molecular complexity index is 1120. The SMILES string of the molecule is CCN(CC)c1ncc(N(C(C)=O)C(C)C)c(N(OC(=O)N2CCOCC2)[C@@H](Cc2ccccc2)C(=O)O)n1. The quantitative estimate of drug-likeness (QED) is 0.423. The van der Waals surface area contributed by atoms with Crippen molar-refractivity contribution in [1.82, 2.24) is 14.9 Å². The maximum Gasteiger partial charge on any atom is 0.434 e. The van der Waals surface area contributed by atoms with E-state index in [1.54, 1.807) is 12.1 Å². The molecule has 1 atom stereocenters. The largest absolute Gasteiger partial charge is 0.480 e. The van der Waals surface area contributed by atoms with Gasteiger partial charge in [-0.3, -0.25) is 4.79 Å². The van der Waals surface area contributed by atoms with E-state index in [0.717, 1.165) is 10.6 Å². The highest BCUT2D eigenvalue weighted by Crippen LogP contribution is 2.33. The number of carbonyl (C=O) groups excluding carboxylic acids is 2. The van der Waals surface area contributed by atoms with Gasteiger partial charge in [0.25, 0.3) is 0 Å². The number of carboxylic acid groups (broad SMARTS) is 1. The smallest absolute Gasteiger partial charge is 0.434 e. The third-order valence-electron chi connectivity index (χ3n) is 6.39. The lowest BCUT2D eigenvalue weighted by Crippen LogP contribution is -2.50. The average Bonchev–Trinajstić information content (AvgIpc) is 2.92. The predicted octanol–water partition coefficient (Wildman–Crippen LogP) is 2.97. The maximum absolute atomic E-state index is 13.3. The van der Waals surface area contributed by atoms with E-state index < -0.39 is 18.1 Å². The molecule has 0 saturated carbocycles. The molecule has 1 N–H and O–H groups in total. The van der Waals surface area contributed by atoms with Crippen molar-refractivity contribution in [2.45, 2.75) is 53.1 Å². The molecule has 2 amide bonds. The first-order valence-electron chi connectivity index (χ1n) is 13.2. The minimum atomic E-state index is -1.35. The van der Waals surface area contributed by atoms with Gasteiger partial charge in [-0.25, -0.2) is 14.6 Å². The molecule has 12 nitrogen and oxygen atoms in total. The molecule has 1 aromatic heterocycles. The maximum atomic E-state index is 13.3. The molecule has 0 radical (unpaired) electrons. The zero-order valence-corrected chi connectivity index (χ0v) is 23.2. The van der Waals surface area contributed by atoms with Gasteiger partial charge in [0.15, 0.2) is 11.9 Å². The molecule has 0 aliphatic carbocycles. The van der Waals surface area contributed by atoms with Gasteiger partial charge in [-0.15, -0.1) is 0 Å². The van der Waals surface area contributed by atoms with Crippen LogP contribution < -0.4 is 14.9 Å². The van der Waals surface area contributed by atoms with Gasteiger partial charge in [0.1, 0.15) is 5.69 Å². The molecule has 2 heterocycles. The van der Waals surface area contributed by atoms with Crippen LogP contribution >= 0.6 is 0 Å². The van der Waals surface area contributed by atoms with Gasteiger partial charge in [-0.2, -0.15) is 10.0 Å². The fraction of sp³-hybridized carbons (Fsp3) is 0.519. The molecule has 1 aliphatic heterocycles. The van der Waals surface area contributed by atoms with Crippen LogP contribution in [-0.4, -0.2) is 89.4 Å². The molecular weight excluding hydrogens is 504 g/mol. The molecule has 0 bridgehead atoms. The Labute approximate surface area is 229 Å². The lowest BCUT2D eigenvalue weighted by atomic mass is 10.1. The fourth-order valence-corrected chi connectivity index (χ4v) is 4.41. The van der Waals surface area contributed by atoms with E-state index in [9.17, 15) is 19.5 Å². The molecule has 2 aromatic rings. The molecule has 3 rings (SSSR count). The monoisotopic (exact) mass is 542 g/mol. The summed E-state index contributed by atoms with van der Waals surface area (Å²) in [7, 11) is 0. The summed E-state index contributed by atoms with van der Waals surface area (Å²) in [5.41, 5.74) is 0.965. The highest BCUT2D eigenvalue weighted by molar-refractivity contribution is 5.95. The lowest BCUT2D eigenvalue weighted by Gasteiger charge is -2.35. The average molecular weight is 543 g/mol. The summed E-state index contributed by atoms with van der Waals surface area (Å²) in [6.45, 7) is 11.4. The van der Waals surface area contributed by atoms with Crippen LogP contribution in [0, 0.1) is 0 Å². The number of aromatic nitrogens is 2. The second kappa shape index (κ2) is 13.7. The first-order chi connectivity index (χ1) is 18.7. The highest BCUT2D eigenvalue weighted by atomic mass is 16.7. The van der Waals surface area contributed by atoms with E-state index in [1.165, 1.54) is 22.9 Å². The summed E-state index contributed by atoms with van der Waals surface area (Å²) in [5, 5.41) is 11.4. The number of benzene rings is 1. The van der Waals surface area contributed by atoms with Crippen molar-refractivity contribution in [2.24, 2.45) is 0 Å². The van der Waals surface area contributed by atoms with Gasteiger partial charge in [-0.05, 0) is 33.3 Å². The number of carbonyl (C=O) groups is 3. The van der Waals surface area contributed by atoms with Crippen molar-refractivity contribution in [3.8, 4) is 0 Å². The Morgan fingerprint density at radius 1 is 1.10 bits per heavy atom. The lowest BCUT2D eigenvalue weighted by molar-refractivity contribution is -0.140. The van der Waals surface area contributed by atoms with E-state index in [4.69, 9.17) is 14.6 Å². The van der Waals surface area contributed by atoms with E-state index in [-0.39, 0.29) is 29.9 Å². The first kappa shape index (κ1) is 29.6. The Hall–Kier alpha value is -3.93. The Morgan fingerprint density at radius 2 is 1.74 bits per heavy atom. The zero-order chi connectivity index (χ0) is 28.5. The van der Waals surface area contributed by atoms with E-state index in [1.807, 2.05) is 50.8 Å². The number of aliphatic carboxylic acids is 1. The standard InChI is InChI=1S/C27H38N6O6/c1-6-30(7-2)26-28-18-23(32(19(3)4)20(5)34)24(29-26)33(39-27(37)31-13-15-38-16-14-31)22(25(35)36)17-21-11-9-8-10-12-21/h8-12,18-19,22H,6-7,13-17H2,1-5H3,(H,35,36)/t22-/m0/s1. The van der Waals surface area contributed by atoms with Crippen LogP contribution in [0.15, 0.2) is 36.5 Å². The van der Waals surface area contributed by atoms with Crippen molar-refractivity contribution < 1.29 is 29.1 Å². The van der Waals surface area contributed by atoms with Gasteiger partial charge in [-0.1, -0.05) is 30.3 Å². The molecule has 0 spiro atoms. The van der Waals surface area contributed by atoms with Crippen molar-refractivity contribution in [2.75, 3.05) is 54.3 Å². The van der Waals surface area contributed by atoms with Gasteiger partial charge >= 0.3 is 12.1 Å². The molecular formula is C27H38N6O6. The van der Waals surface area contributed by atoms with Crippen LogP contribution in [0.4, 0.5) is 22.2 Å². The molecule has 39 heavy (non-hydrogen) atoms. The molecule has 1 aromatic carbocycles. The zero-order valence-electron chi connectivity index (χ0n) is 23.2. The summed E-state index contributed by atoms with van der Waals surface area (Å²) < 4.78 is 5.35. The number of rotatable bonds is 11. The molecule has 12 heteroatoms. The van der Waals surface area contributed by atoms with Gasteiger partial charge < -0.3 is 29.4 Å². The van der Waals surface area contributed by atoms with Crippen molar-refractivity contribution >= 4 is 35.4 Å². The second-order valence-electron chi connectivity index (χ2n) is 9.36. The number of carboxylic acids is 1. The van der Waals surface area contributed by atoms with E-state index >= 15 is 0 Å². The number of hydroxylamine groups is 1. The van der Waals surface area contributed by atoms with E-state index in [0.29, 0.717) is 45.3 Å². The van der Waals surface area contributed by atoms with Crippen molar-refractivity contribution in [3.05, 3.63) is 42.1 Å². The number of amides is 2. The van der Waals surface area contributed by atoms with Crippen LogP contribution in [0.5, 0.6) is 0 Å². The summed E-state index contributed by atoms with van der Waals surface area (Å²) in [5.74, 6) is -1.18. The first-order valence-corrected chi connectivity index (χ1v) is 13.2. The van der Waals surface area contributed by atoms with Gasteiger partial charge in [0.05, 0.1) is 19.4 Å². The number of ether oxygens (including phenoxy) is 1. The fourth-order valence-electron chi connectivity index (χ4n) is 4.41. The van der Waals surface area contributed by atoms with Crippen LogP contribution in [0.2, 0.25) is 0 Å². The number of hydrogen-bond donors (Lipinski definition) is 1. The summed E-state index contributed by atoms with van der Waals surface area (Å²) >= 11 is 0. The number of anilines is 3. The molecule has 212 valence electrons. The predicted molar refractivity (Wildman–Crippen MR) is 147 cm³/mol. The Morgan fingerprint density at radius 3 is 2.28 bits per heavy atom. The van der Waals surface area contributed by atoms with Gasteiger partial charge in [0, 0.05) is 45.6 Å². The minimum absolute atomic E-state index is 0.0123. The third kappa shape index (κ3) is 7.34. The number of nitrogens with zero attached hydrogens (tertiary/aromatic N) is 6. The Balaban J connectivity index is 2.21. The van der Waals surface area contributed by atoms with Crippen LogP contribution in [0.25, 0.3) is 0 Å². The minimum Gasteiger partial charge on any atom is -0.480 e. The Kier molecular flexibility index (Phi) is 10.4. The molecule has 1 aliphatic rings. The van der Waals surface area contributed by atoms with Crippen molar-refractivity contribution in [1.29, 1.82) is 0 Å². The van der Waals surface area contributed by atoms with Crippen LogP contribution in [0.1, 0.15) is 40.2 Å². The number of morpholine rings is 1. The third-order valence-corrected chi connectivity index (χ3v) is 6.39. The molecule has 0 unspecified atom stereocenters. The van der Waals surface area contributed by atoms with Crippen LogP contribution in [0.3, 0.4) is 0 Å². The normalized spacial score (nSPS) is 14.1. The summed E-state index contributed by atoms with van der Waals surface area (Å²) in [6, 6.07) is 7.40. The second-order valence-corrected chi connectivity index (χ2v) is 9.36. The highest BCUT2D eigenvalue weighted by Gasteiger charge is 2.37. The summed E-state index contributed by atoms with van der Waals surface area (Å²) in [4.78, 5) is 58.7. The van der Waals surface area contributed by atoms with E-state index in [2.05, 4.69) is 4.98 Å². The summed E-state index contributed by atoms with van der Waals surface area (Å²) in [6.07, 6.45) is 0.762. The van der Waals surface area contributed by atoms with Crippen LogP contribution in [-0.2, 0) is 25.6 Å². The molecule has 1 saturated heterocycles. The topological polar surface area (TPSA) is 129 Å². The number of hydrogen-bond acceptors (Lipinski definition) is 9. The van der Waals surface area contributed by atoms with Crippen molar-refractivity contribution in [3.63, 3.8) is 0 Å². The van der Waals surface area contributed by atoms with Gasteiger partial charge in [0.2, 0.25) is 11.9 Å².